The third kappa shape index (κ3) is 6.58. The highest BCUT2D eigenvalue weighted by Crippen LogP contribution is 2.24. The van der Waals surface area contributed by atoms with Gasteiger partial charge >= 0.3 is 0 Å². The summed E-state index contributed by atoms with van der Waals surface area (Å²) in [5.41, 5.74) is 1.55. The van der Waals surface area contributed by atoms with Crippen LogP contribution in [0.15, 0.2) is 83.5 Å². The van der Waals surface area contributed by atoms with Crippen LogP contribution in [0.5, 0.6) is 0 Å². The lowest BCUT2D eigenvalue weighted by molar-refractivity contribution is -0.141. The Morgan fingerprint density at radius 1 is 0.943 bits per heavy atom. The zero-order chi connectivity index (χ0) is 24.5. The van der Waals surface area contributed by atoms with E-state index in [0.717, 1.165) is 18.4 Å². The molecular weight excluding hydrogens is 446 g/mol. The Labute approximate surface area is 204 Å². The highest BCUT2D eigenvalue weighted by atomic mass is 16.5. The van der Waals surface area contributed by atoms with Gasteiger partial charge in [0.1, 0.15) is 6.04 Å². The van der Waals surface area contributed by atoms with E-state index in [2.05, 4.69) is 10.6 Å². The molecule has 4 rings (SSSR count). The van der Waals surface area contributed by atoms with Crippen molar-refractivity contribution in [3.05, 3.63) is 95.9 Å². The van der Waals surface area contributed by atoms with Crippen molar-refractivity contribution in [2.24, 2.45) is 0 Å². The molecule has 1 fully saturated rings. The van der Waals surface area contributed by atoms with Gasteiger partial charge in [-0.05, 0) is 36.1 Å². The summed E-state index contributed by atoms with van der Waals surface area (Å²) in [6, 6.07) is 20.9. The average molecular weight is 476 g/mol. The molecule has 1 saturated heterocycles. The molecule has 1 aromatic heterocycles. The van der Waals surface area contributed by atoms with Crippen LogP contribution in [0.2, 0.25) is 0 Å². The van der Waals surface area contributed by atoms with Crippen molar-refractivity contribution in [2.75, 3.05) is 19.7 Å². The van der Waals surface area contributed by atoms with Crippen LogP contribution in [-0.4, -0.2) is 48.4 Å². The molecule has 182 valence electrons. The van der Waals surface area contributed by atoms with E-state index < -0.39 is 17.9 Å². The van der Waals surface area contributed by atoms with Gasteiger partial charge in [-0.15, -0.1) is 0 Å². The van der Waals surface area contributed by atoms with Gasteiger partial charge < -0.3 is 24.7 Å². The average Bonchev–Trinajstić information content (AvgIpc) is 3.62. The van der Waals surface area contributed by atoms with Gasteiger partial charge in [0.25, 0.3) is 5.91 Å². The third-order valence-electron chi connectivity index (χ3n) is 5.86. The molecule has 0 aliphatic carbocycles. The zero-order valence-corrected chi connectivity index (χ0v) is 19.4. The topological polar surface area (TPSA) is 101 Å². The van der Waals surface area contributed by atoms with Crippen molar-refractivity contribution >= 4 is 17.7 Å². The molecule has 0 bridgehead atoms. The predicted molar refractivity (Wildman–Crippen MR) is 129 cm³/mol. The molecule has 3 aromatic rings. The van der Waals surface area contributed by atoms with E-state index >= 15 is 0 Å². The first-order valence-electron chi connectivity index (χ1n) is 11.7. The number of furan rings is 1. The van der Waals surface area contributed by atoms with Crippen molar-refractivity contribution in [1.82, 2.24) is 15.5 Å². The molecule has 2 N–H and O–H groups in total. The van der Waals surface area contributed by atoms with E-state index in [-0.39, 0.29) is 30.9 Å². The molecule has 0 saturated carbocycles. The molecule has 2 heterocycles. The standard InChI is InChI=1S/C27H29N3O5/c31-24(18-29-26(32)23-14-8-16-35-23)30(19-20-9-3-1-4-10-20)25(21-11-5-2-6-12-21)27(33)28-17-22-13-7-15-34-22/h1-6,8-12,14,16,22,25H,7,13,15,17-19H2,(H,28,33)(H,29,32)/t22-,25+/m1/s1. The Balaban J connectivity index is 1.57. The van der Waals surface area contributed by atoms with Crippen molar-refractivity contribution in [2.45, 2.75) is 31.5 Å². The molecule has 35 heavy (non-hydrogen) atoms. The van der Waals surface area contributed by atoms with E-state index in [0.29, 0.717) is 18.7 Å². The monoisotopic (exact) mass is 475 g/mol. The maximum atomic E-state index is 13.5. The first-order chi connectivity index (χ1) is 17.1. The molecule has 0 spiro atoms. The fraction of sp³-hybridized carbons (Fsp3) is 0.296. The zero-order valence-electron chi connectivity index (χ0n) is 19.4. The number of carbonyl (C=O) groups is 3. The number of nitrogens with one attached hydrogen (secondary N) is 2. The number of ether oxygens (including phenoxy) is 1. The van der Waals surface area contributed by atoms with Crippen LogP contribution >= 0.6 is 0 Å². The van der Waals surface area contributed by atoms with Crippen molar-refractivity contribution in [3.63, 3.8) is 0 Å². The minimum absolute atomic E-state index is 0.0266. The third-order valence-corrected chi connectivity index (χ3v) is 5.86. The maximum absolute atomic E-state index is 13.5. The molecule has 2 aromatic carbocycles. The second kappa shape index (κ2) is 12.0. The van der Waals surface area contributed by atoms with Gasteiger partial charge in [-0.1, -0.05) is 60.7 Å². The van der Waals surface area contributed by atoms with Crippen LogP contribution in [0.3, 0.4) is 0 Å². The van der Waals surface area contributed by atoms with Crippen LogP contribution in [0.25, 0.3) is 0 Å². The number of benzene rings is 2. The first kappa shape index (κ1) is 24.2. The number of rotatable bonds is 10. The van der Waals surface area contributed by atoms with Gasteiger partial charge in [-0.2, -0.15) is 0 Å². The highest BCUT2D eigenvalue weighted by molar-refractivity contribution is 5.95. The largest absolute Gasteiger partial charge is 0.459 e. The van der Waals surface area contributed by atoms with E-state index in [4.69, 9.17) is 9.15 Å². The van der Waals surface area contributed by atoms with E-state index in [1.807, 2.05) is 60.7 Å². The second-order valence-electron chi connectivity index (χ2n) is 8.36. The van der Waals surface area contributed by atoms with Crippen LogP contribution in [-0.2, 0) is 20.9 Å². The van der Waals surface area contributed by atoms with E-state index in [9.17, 15) is 14.4 Å². The summed E-state index contributed by atoms with van der Waals surface area (Å²) in [5, 5.41) is 5.57. The summed E-state index contributed by atoms with van der Waals surface area (Å²) in [7, 11) is 0. The first-order valence-corrected chi connectivity index (χ1v) is 11.7. The van der Waals surface area contributed by atoms with Gasteiger partial charge in [-0.25, -0.2) is 0 Å². The molecule has 3 amide bonds. The Morgan fingerprint density at radius 3 is 2.34 bits per heavy atom. The summed E-state index contributed by atoms with van der Waals surface area (Å²) in [4.78, 5) is 40.8. The molecule has 8 heteroatoms. The maximum Gasteiger partial charge on any atom is 0.287 e. The van der Waals surface area contributed by atoms with Gasteiger partial charge in [0.15, 0.2) is 5.76 Å². The van der Waals surface area contributed by atoms with Crippen LogP contribution in [0.4, 0.5) is 0 Å². The predicted octanol–water partition coefficient (Wildman–Crippen LogP) is 3.07. The quantitative estimate of drug-likeness (QED) is 0.469. The van der Waals surface area contributed by atoms with E-state index in [1.165, 1.54) is 17.2 Å². The van der Waals surface area contributed by atoms with Gasteiger partial charge in [0, 0.05) is 19.7 Å². The van der Waals surface area contributed by atoms with Gasteiger partial charge in [0.2, 0.25) is 11.8 Å². The van der Waals surface area contributed by atoms with Gasteiger partial charge in [-0.3, -0.25) is 14.4 Å². The van der Waals surface area contributed by atoms with Crippen molar-refractivity contribution in [1.29, 1.82) is 0 Å². The molecule has 2 atom stereocenters. The highest BCUT2D eigenvalue weighted by Gasteiger charge is 2.32. The van der Waals surface area contributed by atoms with Gasteiger partial charge in [0.05, 0.1) is 18.9 Å². The second-order valence-corrected chi connectivity index (χ2v) is 8.36. The molecular formula is C27H29N3O5. The molecule has 8 nitrogen and oxygen atoms in total. The lowest BCUT2D eigenvalue weighted by Gasteiger charge is -2.32. The molecule has 0 radical (unpaired) electrons. The minimum atomic E-state index is -0.883. The Bertz CT molecular complexity index is 1100. The Morgan fingerprint density at radius 2 is 1.69 bits per heavy atom. The summed E-state index contributed by atoms with van der Waals surface area (Å²) >= 11 is 0. The number of amides is 3. The smallest absolute Gasteiger partial charge is 0.287 e. The fourth-order valence-electron chi connectivity index (χ4n) is 4.08. The lowest BCUT2D eigenvalue weighted by atomic mass is 10.0. The summed E-state index contributed by atoms with van der Waals surface area (Å²) in [5.74, 6) is -1.08. The SMILES string of the molecule is O=C(NCC(=O)N(Cc1ccccc1)[C@H](C(=O)NC[C@H]1CCCO1)c1ccccc1)c1ccco1. The summed E-state index contributed by atoms with van der Waals surface area (Å²) < 4.78 is 10.7. The number of carbonyl (C=O) groups excluding carboxylic acids is 3. The van der Waals surface area contributed by atoms with Crippen molar-refractivity contribution in [3.8, 4) is 0 Å². The van der Waals surface area contributed by atoms with E-state index in [1.54, 1.807) is 6.07 Å². The number of hydrogen-bond acceptors (Lipinski definition) is 5. The normalized spacial score (nSPS) is 15.8. The van der Waals surface area contributed by atoms with Crippen LogP contribution in [0, 0.1) is 0 Å². The van der Waals surface area contributed by atoms with Crippen LogP contribution in [0.1, 0.15) is 40.6 Å². The number of hydrogen-bond donors (Lipinski definition) is 2. The minimum Gasteiger partial charge on any atom is -0.459 e. The molecule has 1 aliphatic heterocycles. The molecule has 1 aliphatic rings. The molecule has 0 unspecified atom stereocenters. The Hall–Kier alpha value is -3.91. The summed E-state index contributed by atoms with van der Waals surface area (Å²) in [6.45, 7) is 0.985. The summed E-state index contributed by atoms with van der Waals surface area (Å²) in [6.07, 6.45) is 3.22. The lowest BCUT2D eigenvalue weighted by Crippen LogP contribution is -2.48. The van der Waals surface area contributed by atoms with Crippen LogP contribution < -0.4 is 10.6 Å². The van der Waals surface area contributed by atoms with Crippen molar-refractivity contribution < 1.29 is 23.5 Å². The number of nitrogens with zero attached hydrogens (tertiary/aromatic N) is 1. The Kier molecular flexibility index (Phi) is 8.30. The fourth-order valence-corrected chi connectivity index (χ4v) is 4.08.